The van der Waals surface area contributed by atoms with Crippen LogP contribution in [0.3, 0.4) is 0 Å². The number of hydrogen-bond acceptors (Lipinski definition) is 6. The second kappa shape index (κ2) is 6.14. The number of rotatable bonds is 3. The van der Waals surface area contributed by atoms with Crippen LogP contribution in [0, 0.1) is 6.92 Å². The van der Waals surface area contributed by atoms with Crippen molar-refractivity contribution in [3.8, 4) is 5.75 Å². The maximum Gasteiger partial charge on any atom is 0.363 e. The molecule has 1 heterocycles. The van der Waals surface area contributed by atoms with E-state index in [0.29, 0.717) is 14.6 Å². The van der Waals surface area contributed by atoms with E-state index in [1.165, 1.54) is 6.21 Å². The quantitative estimate of drug-likeness (QED) is 0.539. The molecule has 0 saturated carbocycles. The molecule has 0 bridgehead atoms. The van der Waals surface area contributed by atoms with Crippen LogP contribution < -0.4 is 11.1 Å². The van der Waals surface area contributed by atoms with Crippen molar-refractivity contribution in [2.24, 2.45) is 5.10 Å². The highest BCUT2D eigenvalue weighted by Gasteiger charge is 2.05. The van der Waals surface area contributed by atoms with E-state index >= 15 is 0 Å². The van der Waals surface area contributed by atoms with Crippen LogP contribution in [0.25, 0.3) is 0 Å². The average molecular weight is 403 g/mol. The van der Waals surface area contributed by atoms with Crippen molar-refractivity contribution in [2.75, 3.05) is 5.43 Å². The number of aromatic amines is 1. The summed E-state index contributed by atoms with van der Waals surface area (Å²) in [6.45, 7) is 1.69. The third-order valence-electron chi connectivity index (χ3n) is 2.30. The lowest BCUT2D eigenvalue weighted by Gasteiger charge is -2.03. The molecular formula is C11H9Br2N5O2. The molecule has 20 heavy (non-hydrogen) atoms. The van der Waals surface area contributed by atoms with Crippen LogP contribution in [0.5, 0.6) is 5.75 Å². The smallest absolute Gasteiger partial charge is 0.363 e. The van der Waals surface area contributed by atoms with Gasteiger partial charge in [0.2, 0.25) is 0 Å². The van der Waals surface area contributed by atoms with E-state index in [2.05, 4.69) is 57.6 Å². The standard InChI is InChI=1S/C11H9Br2N5O2/c1-5-10(15-11(20)18-16-5)17-14-4-6-2-7(12)9(19)8(13)3-6/h2-4,19H,1H3,(H2,15,17,18,20)/b14-4+. The van der Waals surface area contributed by atoms with Gasteiger partial charge in [-0.05, 0) is 56.5 Å². The van der Waals surface area contributed by atoms with Crippen molar-refractivity contribution in [1.29, 1.82) is 0 Å². The number of aromatic hydroxyl groups is 1. The van der Waals surface area contributed by atoms with Gasteiger partial charge in [-0.25, -0.2) is 9.89 Å². The van der Waals surface area contributed by atoms with Gasteiger partial charge in [0.15, 0.2) is 5.82 Å². The maximum absolute atomic E-state index is 11.0. The molecule has 1 aromatic heterocycles. The molecule has 0 aliphatic rings. The predicted molar refractivity (Wildman–Crippen MR) is 82.1 cm³/mol. The molecule has 7 nitrogen and oxygen atoms in total. The fourth-order valence-corrected chi connectivity index (χ4v) is 2.55. The van der Waals surface area contributed by atoms with E-state index in [-0.39, 0.29) is 11.6 Å². The third-order valence-corrected chi connectivity index (χ3v) is 3.51. The van der Waals surface area contributed by atoms with Crippen LogP contribution in [-0.4, -0.2) is 26.5 Å². The summed E-state index contributed by atoms with van der Waals surface area (Å²) in [7, 11) is 0. The molecule has 0 aliphatic heterocycles. The van der Waals surface area contributed by atoms with Gasteiger partial charge in [0.05, 0.1) is 15.2 Å². The minimum absolute atomic E-state index is 0.117. The first-order valence-electron chi connectivity index (χ1n) is 5.38. The Bertz CT molecular complexity index is 706. The Morgan fingerprint density at radius 3 is 2.70 bits per heavy atom. The van der Waals surface area contributed by atoms with Gasteiger partial charge in [0, 0.05) is 0 Å². The average Bonchev–Trinajstić information content (AvgIpc) is 2.40. The summed E-state index contributed by atoms with van der Waals surface area (Å²) in [5.41, 5.74) is 3.35. The van der Waals surface area contributed by atoms with Crippen LogP contribution in [0.1, 0.15) is 11.3 Å². The van der Waals surface area contributed by atoms with E-state index in [1.807, 2.05) is 0 Å². The van der Waals surface area contributed by atoms with Gasteiger partial charge in [-0.1, -0.05) is 0 Å². The first kappa shape index (κ1) is 14.7. The van der Waals surface area contributed by atoms with Crippen LogP contribution >= 0.6 is 31.9 Å². The number of phenols is 1. The molecule has 2 rings (SSSR count). The summed E-state index contributed by atoms with van der Waals surface area (Å²) in [4.78, 5) is 14.7. The third kappa shape index (κ3) is 3.42. The Labute approximate surface area is 130 Å². The second-order valence-electron chi connectivity index (χ2n) is 3.78. The number of phenolic OH excluding ortho intramolecular Hbond substituents is 1. The van der Waals surface area contributed by atoms with E-state index in [9.17, 15) is 9.90 Å². The molecular weight excluding hydrogens is 394 g/mol. The highest BCUT2D eigenvalue weighted by atomic mass is 79.9. The molecule has 0 unspecified atom stereocenters. The summed E-state index contributed by atoms with van der Waals surface area (Å²) in [5, 5.41) is 19.5. The second-order valence-corrected chi connectivity index (χ2v) is 5.49. The van der Waals surface area contributed by atoms with Crippen LogP contribution in [-0.2, 0) is 0 Å². The zero-order chi connectivity index (χ0) is 14.7. The lowest BCUT2D eigenvalue weighted by atomic mass is 10.2. The highest BCUT2D eigenvalue weighted by molar-refractivity contribution is 9.11. The summed E-state index contributed by atoms with van der Waals surface area (Å²) >= 11 is 6.45. The molecule has 1 aromatic carbocycles. The van der Waals surface area contributed by atoms with Crippen molar-refractivity contribution < 1.29 is 5.11 Å². The molecule has 104 valence electrons. The van der Waals surface area contributed by atoms with E-state index in [4.69, 9.17) is 0 Å². The van der Waals surface area contributed by atoms with Crippen molar-refractivity contribution in [1.82, 2.24) is 15.2 Å². The van der Waals surface area contributed by atoms with Gasteiger partial charge in [-0.15, -0.1) is 0 Å². The van der Waals surface area contributed by atoms with E-state index in [0.717, 1.165) is 5.56 Å². The Morgan fingerprint density at radius 1 is 1.40 bits per heavy atom. The number of aromatic nitrogens is 3. The minimum Gasteiger partial charge on any atom is -0.506 e. The van der Waals surface area contributed by atoms with Crippen LogP contribution in [0.4, 0.5) is 5.82 Å². The monoisotopic (exact) mass is 401 g/mol. The minimum atomic E-state index is -0.552. The molecule has 0 fully saturated rings. The fourth-order valence-electron chi connectivity index (χ4n) is 1.33. The van der Waals surface area contributed by atoms with E-state index in [1.54, 1.807) is 19.1 Å². The van der Waals surface area contributed by atoms with Crippen LogP contribution in [0.15, 0.2) is 31.0 Å². The first-order chi connectivity index (χ1) is 9.47. The Hall–Kier alpha value is -1.74. The number of hydrogen-bond donors (Lipinski definition) is 3. The normalized spacial score (nSPS) is 10.9. The number of benzene rings is 1. The number of halogens is 2. The molecule has 0 aliphatic carbocycles. The Kier molecular flexibility index (Phi) is 4.50. The molecule has 3 N–H and O–H groups in total. The van der Waals surface area contributed by atoms with Gasteiger partial charge in [0.25, 0.3) is 0 Å². The lowest BCUT2D eigenvalue weighted by Crippen LogP contribution is -2.15. The number of hydrazone groups is 1. The summed E-state index contributed by atoms with van der Waals surface area (Å²) in [5.74, 6) is 0.397. The number of H-pyrrole nitrogens is 1. The van der Waals surface area contributed by atoms with Crippen molar-refractivity contribution in [3.05, 3.63) is 42.8 Å². The highest BCUT2D eigenvalue weighted by Crippen LogP contribution is 2.32. The first-order valence-corrected chi connectivity index (χ1v) is 6.96. The number of anilines is 1. The predicted octanol–water partition coefficient (Wildman–Crippen LogP) is 2.15. The van der Waals surface area contributed by atoms with Gasteiger partial charge >= 0.3 is 5.69 Å². The summed E-state index contributed by atoms with van der Waals surface area (Å²) in [6, 6.07) is 3.39. The fraction of sp³-hybridized carbons (Fsp3) is 0.0909. The Morgan fingerprint density at radius 2 is 2.05 bits per heavy atom. The largest absolute Gasteiger partial charge is 0.506 e. The van der Waals surface area contributed by atoms with Gasteiger partial charge in [-0.2, -0.15) is 15.2 Å². The zero-order valence-corrected chi connectivity index (χ0v) is 13.4. The molecule has 0 amide bonds. The number of aryl methyl sites for hydroxylation is 1. The van der Waals surface area contributed by atoms with Crippen molar-refractivity contribution in [2.45, 2.75) is 6.92 Å². The van der Waals surface area contributed by atoms with Crippen molar-refractivity contribution >= 4 is 43.9 Å². The maximum atomic E-state index is 11.0. The Balaban J connectivity index is 2.18. The van der Waals surface area contributed by atoms with Crippen molar-refractivity contribution in [3.63, 3.8) is 0 Å². The van der Waals surface area contributed by atoms with Gasteiger partial charge in [0.1, 0.15) is 11.4 Å². The summed E-state index contributed by atoms with van der Waals surface area (Å²) < 4.78 is 1.08. The molecule has 0 saturated heterocycles. The molecule has 0 radical (unpaired) electrons. The molecule has 0 atom stereocenters. The summed E-state index contributed by atoms with van der Waals surface area (Å²) in [6.07, 6.45) is 1.53. The number of nitrogens with one attached hydrogen (secondary N) is 2. The van der Waals surface area contributed by atoms with Crippen LogP contribution in [0.2, 0.25) is 0 Å². The SMILES string of the molecule is Cc1n[nH]c(=O)nc1N/N=C/c1cc(Br)c(O)c(Br)c1. The van der Waals surface area contributed by atoms with Gasteiger partial charge < -0.3 is 5.11 Å². The topological polar surface area (TPSA) is 103 Å². The number of nitrogens with zero attached hydrogens (tertiary/aromatic N) is 3. The zero-order valence-electron chi connectivity index (χ0n) is 10.2. The lowest BCUT2D eigenvalue weighted by molar-refractivity contribution is 0.468. The molecule has 0 spiro atoms. The van der Waals surface area contributed by atoms with E-state index < -0.39 is 5.69 Å². The molecule has 9 heteroatoms. The van der Waals surface area contributed by atoms with Gasteiger partial charge in [-0.3, -0.25) is 5.43 Å². The molecule has 2 aromatic rings.